The number of halogens is 3. The molecule has 0 unspecified atom stereocenters. The fourth-order valence-corrected chi connectivity index (χ4v) is 3.70. The third kappa shape index (κ3) is 3.47. The molecule has 0 aliphatic carbocycles. The van der Waals surface area contributed by atoms with Crippen molar-refractivity contribution in [3.8, 4) is 5.69 Å². The summed E-state index contributed by atoms with van der Waals surface area (Å²) in [5.41, 5.74) is 0.124. The van der Waals surface area contributed by atoms with Crippen molar-refractivity contribution in [2.75, 3.05) is 5.32 Å². The molecule has 0 aliphatic rings. The predicted octanol–water partition coefficient (Wildman–Crippen LogP) is 4.03. The number of nitrogens with zero attached hydrogens (tertiary/aromatic N) is 5. The summed E-state index contributed by atoms with van der Waals surface area (Å²) in [6.45, 7) is 1.83. The number of rotatable bonds is 5. The van der Waals surface area contributed by atoms with Gasteiger partial charge in [0.25, 0.3) is 5.56 Å². The zero-order chi connectivity index (χ0) is 23.1. The van der Waals surface area contributed by atoms with Crippen LogP contribution in [-0.2, 0) is 0 Å². The molecule has 3 aromatic heterocycles. The van der Waals surface area contributed by atoms with E-state index in [0.29, 0.717) is 23.4 Å². The first-order valence-corrected chi connectivity index (χ1v) is 10.0. The quantitative estimate of drug-likeness (QED) is 0.418. The lowest BCUT2D eigenvalue weighted by atomic mass is 10.1. The molecular weight excluding hydrogens is 435 g/mol. The van der Waals surface area contributed by atoms with E-state index in [1.165, 1.54) is 36.9 Å². The number of nitrogens with one attached hydrogen (secondary N) is 2. The number of imidazole rings is 1. The monoisotopic (exact) mass is 451 g/mol. The summed E-state index contributed by atoms with van der Waals surface area (Å²) in [4.78, 5) is 33.3. The van der Waals surface area contributed by atoms with Gasteiger partial charge in [0.15, 0.2) is 23.1 Å². The smallest absolute Gasteiger partial charge is 0.266 e. The van der Waals surface area contributed by atoms with Crippen molar-refractivity contribution in [3.05, 3.63) is 82.7 Å². The normalized spacial score (nSPS) is 12.4. The van der Waals surface area contributed by atoms with Gasteiger partial charge >= 0.3 is 0 Å². The van der Waals surface area contributed by atoms with Gasteiger partial charge in [-0.2, -0.15) is 0 Å². The van der Waals surface area contributed by atoms with Crippen LogP contribution in [0.3, 0.4) is 0 Å². The van der Waals surface area contributed by atoms with Crippen LogP contribution < -0.4 is 10.9 Å². The van der Waals surface area contributed by atoms with E-state index < -0.39 is 29.1 Å². The molecule has 2 N–H and O–H groups in total. The predicted molar refractivity (Wildman–Crippen MR) is 116 cm³/mol. The topological polar surface area (TPSA) is 101 Å². The molecule has 166 valence electrons. The SMILES string of the molecule is CC[C@H](Nc1ncnc2nc[nH]c12)c1nc2ccc(F)cc2c(=O)n1-c1cccc(F)c1F. The molecule has 5 rings (SSSR count). The molecular formula is C22H16F3N7O. The summed E-state index contributed by atoms with van der Waals surface area (Å²) in [7, 11) is 0. The molecule has 0 fully saturated rings. The Morgan fingerprint density at radius 1 is 1.12 bits per heavy atom. The number of fused-ring (bicyclic) bond motifs is 2. The van der Waals surface area contributed by atoms with Gasteiger partial charge in [0.1, 0.15) is 23.5 Å². The Bertz CT molecular complexity index is 1560. The summed E-state index contributed by atoms with van der Waals surface area (Å²) < 4.78 is 43.7. The minimum atomic E-state index is -1.22. The molecule has 3 heterocycles. The minimum absolute atomic E-state index is 0.0599. The van der Waals surface area contributed by atoms with E-state index in [0.717, 1.165) is 16.7 Å². The first kappa shape index (κ1) is 20.6. The summed E-state index contributed by atoms with van der Waals surface area (Å²) >= 11 is 0. The van der Waals surface area contributed by atoms with E-state index in [1.807, 2.05) is 6.92 Å². The van der Waals surface area contributed by atoms with E-state index in [9.17, 15) is 18.0 Å². The lowest BCUT2D eigenvalue weighted by molar-refractivity contribution is 0.500. The van der Waals surface area contributed by atoms with E-state index >= 15 is 0 Å². The summed E-state index contributed by atoms with van der Waals surface area (Å²) in [5, 5.41) is 3.13. The Labute approximate surface area is 184 Å². The molecule has 0 aliphatic heterocycles. The second-order valence-corrected chi connectivity index (χ2v) is 7.27. The molecule has 8 nitrogen and oxygen atoms in total. The number of H-pyrrole nitrogens is 1. The maximum atomic E-state index is 14.8. The van der Waals surface area contributed by atoms with Gasteiger partial charge in [-0.3, -0.25) is 9.36 Å². The van der Waals surface area contributed by atoms with Gasteiger partial charge in [-0.15, -0.1) is 0 Å². The van der Waals surface area contributed by atoms with Gasteiger partial charge in [0.05, 0.1) is 29.0 Å². The Morgan fingerprint density at radius 3 is 2.79 bits per heavy atom. The molecule has 2 aromatic carbocycles. The van der Waals surface area contributed by atoms with E-state index in [1.54, 1.807) is 0 Å². The van der Waals surface area contributed by atoms with Crippen LogP contribution in [0.4, 0.5) is 19.0 Å². The van der Waals surface area contributed by atoms with Crippen molar-refractivity contribution >= 4 is 27.9 Å². The van der Waals surface area contributed by atoms with Crippen molar-refractivity contribution in [2.45, 2.75) is 19.4 Å². The largest absolute Gasteiger partial charge is 0.358 e. The van der Waals surface area contributed by atoms with Gasteiger partial charge in [0.2, 0.25) is 0 Å². The van der Waals surface area contributed by atoms with Crippen LogP contribution >= 0.6 is 0 Å². The van der Waals surface area contributed by atoms with Gasteiger partial charge in [0, 0.05) is 0 Å². The highest BCUT2D eigenvalue weighted by atomic mass is 19.2. The fraction of sp³-hybridized carbons (Fsp3) is 0.136. The first-order chi connectivity index (χ1) is 16.0. The van der Waals surface area contributed by atoms with Crippen LogP contribution in [0, 0.1) is 17.5 Å². The fourth-order valence-electron chi connectivity index (χ4n) is 3.70. The van der Waals surface area contributed by atoms with Crippen molar-refractivity contribution in [1.82, 2.24) is 29.5 Å². The number of hydrogen-bond acceptors (Lipinski definition) is 6. The second-order valence-electron chi connectivity index (χ2n) is 7.27. The van der Waals surface area contributed by atoms with Gasteiger partial charge in [-0.1, -0.05) is 13.0 Å². The molecule has 11 heteroatoms. The number of aromatic amines is 1. The van der Waals surface area contributed by atoms with E-state index in [-0.39, 0.29) is 22.4 Å². The maximum absolute atomic E-state index is 14.8. The molecule has 0 amide bonds. The average Bonchev–Trinajstić information content (AvgIpc) is 3.30. The molecule has 0 spiro atoms. The molecule has 0 saturated carbocycles. The van der Waals surface area contributed by atoms with Crippen molar-refractivity contribution in [1.29, 1.82) is 0 Å². The molecule has 1 atom stereocenters. The minimum Gasteiger partial charge on any atom is -0.358 e. The van der Waals surface area contributed by atoms with Crippen molar-refractivity contribution < 1.29 is 13.2 Å². The van der Waals surface area contributed by atoms with Gasteiger partial charge < -0.3 is 10.3 Å². The third-order valence-electron chi connectivity index (χ3n) is 5.28. The number of anilines is 1. The zero-order valence-electron chi connectivity index (χ0n) is 17.2. The zero-order valence-corrected chi connectivity index (χ0v) is 17.2. The van der Waals surface area contributed by atoms with Crippen LogP contribution in [0.15, 0.2) is 53.8 Å². The average molecular weight is 451 g/mol. The first-order valence-electron chi connectivity index (χ1n) is 10.0. The molecule has 33 heavy (non-hydrogen) atoms. The van der Waals surface area contributed by atoms with Crippen LogP contribution in [0.2, 0.25) is 0 Å². The molecule has 0 bridgehead atoms. The van der Waals surface area contributed by atoms with E-state index in [2.05, 4.69) is 30.2 Å². The molecule has 0 saturated heterocycles. The third-order valence-corrected chi connectivity index (χ3v) is 5.28. The Kier molecular flexibility index (Phi) is 5.00. The highest BCUT2D eigenvalue weighted by Crippen LogP contribution is 2.27. The lowest BCUT2D eigenvalue weighted by Crippen LogP contribution is -2.29. The lowest BCUT2D eigenvalue weighted by Gasteiger charge is -2.22. The maximum Gasteiger partial charge on any atom is 0.266 e. The second kappa shape index (κ2) is 8.01. The highest BCUT2D eigenvalue weighted by Gasteiger charge is 2.24. The highest BCUT2D eigenvalue weighted by molar-refractivity contribution is 5.82. The van der Waals surface area contributed by atoms with Gasteiger partial charge in [-0.25, -0.2) is 33.1 Å². The number of aromatic nitrogens is 6. The Morgan fingerprint density at radius 2 is 1.97 bits per heavy atom. The van der Waals surface area contributed by atoms with Crippen LogP contribution in [0.1, 0.15) is 25.2 Å². The standard InChI is InChI=1S/C22H16F3N7O/c1-2-14(30-20-18-19(27-9-26-18)28-10-29-20)21-31-15-7-6-11(23)8-12(15)22(33)32(21)16-5-3-4-13(24)17(16)25/h3-10,14H,2H2,1H3,(H2,26,27,28,29,30)/t14-/m0/s1. The Hall–Kier alpha value is -4.28. The summed E-state index contributed by atoms with van der Waals surface area (Å²) in [6, 6.07) is 6.41. The number of benzene rings is 2. The van der Waals surface area contributed by atoms with Crippen LogP contribution in [-0.4, -0.2) is 29.5 Å². The van der Waals surface area contributed by atoms with E-state index in [4.69, 9.17) is 0 Å². The van der Waals surface area contributed by atoms with Crippen LogP contribution in [0.5, 0.6) is 0 Å². The molecule has 0 radical (unpaired) electrons. The van der Waals surface area contributed by atoms with Crippen molar-refractivity contribution in [2.24, 2.45) is 0 Å². The summed E-state index contributed by atoms with van der Waals surface area (Å²) in [5.74, 6) is -2.48. The van der Waals surface area contributed by atoms with Crippen LogP contribution in [0.25, 0.3) is 27.8 Å². The Balaban J connectivity index is 1.76. The number of hydrogen-bond donors (Lipinski definition) is 2. The van der Waals surface area contributed by atoms with Crippen molar-refractivity contribution in [3.63, 3.8) is 0 Å². The summed E-state index contributed by atoms with van der Waals surface area (Å²) in [6.07, 6.45) is 3.19. The molecule has 5 aromatic rings. The van der Waals surface area contributed by atoms with Gasteiger partial charge in [-0.05, 0) is 36.8 Å².